The summed E-state index contributed by atoms with van der Waals surface area (Å²) >= 11 is 0. The van der Waals surface area contributed by atoms with E-state index in [1.54, 1.807) is 6.07 Å². The molecule has 1 aromatic rings. The van der Waals surface area contributed by atoms with E-state index >= 15 is 0 Å². The number of rotatable bonds is 7. The molecule has 0 saturated heterocycles. The molecule has 1 aliphatic carbocycles. The van der Waals surface area contributed by atoms with Crippen molar-refractivity contribution in [3.63, 3.8) is 0 Å². The van der Waals surface area contributed by atoms with E-state index < -0.39 is 0 Å². The van der Waals surface area contributed by atoms with Crippen LogP contribution in [-0.2, 0) is 11.3 Å². The number of amides is 1. The maximum atomic E-state index is 11.7. The second-order valence-electron chi connectivity index (χ2n) is 4.89. The third-order valence-electron chi connectivity index (χ3n) is 3.38. The first-order valence-corrected chi connectivity index (χ1v) is 6.97. The van der Waals surface area contributed by atoms with Crippen molar-refractivity contribution in [2.75, 3.05) is 13.2 Å². The predicted octanol–water partition coefficient (Wildman–Crippen LogP) is 1.82. The summed E-state index contributed by atoms with van der Waals surface area (Å²) in [6.45, 7) is 1.64. The van der Waals surface area contributed by atoms with Crippen LogP contribution in [0.3, 0.4) is 0 Å². The Morgan fingerprint density at radius 1 is 1.47 bits per heavy atom. The minimum Gasteiger partial charge on any atom is -0.467 e. The van der Waals surface area contributed by atoms with Gasteiger partial charge in [-0.05, 0) is 25.3 Å². The van der Waals surface area contributed by atoms with Gasteiger partial charge in [0, 0.05) is 13.2 Å². The minimum absolute atomic E-state index is 0.121. The molecule has 5 nitrogen and oxygen atoms in total. The first kappa shape index (κ1) is 14.1. The highest BCUT2D eigenvalue weighted by molar-refractivity contribution is 5.93. The van der Waals surface area contributed by atoms with Crippen molar-refractivity contribution in [3.8, 4) is 0 Å². The number of nitrogens with one attached hydrogen (secondary N) is 1. The molecule has 1 saturated carbocycles. The SMILES string of the molecule is NCc1cc(C(=O)NCCCOC2CCCC2)co1. The van der Waals surface area contributed by atoms with E-state index in [1.807, 2.05) is 0 Å². The third-order valence-corrected chi connectivity index (χ3v) is 3.38. The fourth-order valence-corrected chi connectivity index (χ4v) is 2.29. The van der Waals surface area contributed by atoms with Crippen molar-refractivity contribution in [3.05, 3.63) is 23.7 Å². The Hall–Kier alpha value is -1.33. The van der Waals surface area contributed by atoms with Crippen LogP contribution >= 0.6 is 0 Å². The van der Waals surface area contributed by atoms with Crippen LogP contribution < -0.4 is 11.1 Å². The summed E-state index contributed by atoms with van der Waals surface area (Å²) in [5.41, 5.74) is 5.95. The average Bonchev–Trinajstić information content (AvgIpc) is 3.09. The zero-order valence-corrected chi connectivity index (χ0v) is 11.2. The molecule has 1 aliphatic rings. The lowest BCUT2D eigenvalue weighted by Crippen LogP contribution is -2.25. The van der Waals surface area contributed by atoms with Crippen molar-refractivity contribution < 1.29 is 13.9 Å². The Labute approximate surface area is 113 Å². The van der Waals surface area contributed by atoms with Gasteiger partial charge in [-0.15, -0.1) is 0 Å². The molecule has 0 aliphatic heterocycles. The van der Waals surface area contributed by atoms with E-state index in [4.69, 9.17) is 14.9 Å². The molecule has 1 aromatic heterocycles. The van der Waals surface area contributed by atoms with Gasteiger partial charge in [0.05, 0.1) is 18.2 Å². The molecule has 0 unspecified atom stereocenters. The van der Waals surface area contributed by atoms with Crippen molar-refractivity contribution in [1.82, 2.24) is 5.32 Å². The summed E-state index contributed by atoms with van der Waals surface area (Å²) < 4.78 is 10.8. The molecule has 0 spiro atoms. The van der Waals surface area contributed by atoms with Gasteiger partial charge in [0.15, 0.2) is 0 Å². The third kappa shape index (κ3) is 4.36. The smallest absolute Gasteiger partial charge is 0.254 e. The number of nitrogens with two attached hydrogens (primary N) is 1. The van der Waals surface area contributed by atoms with E-state index in [0.29, 0.717) is 37.1 Å². The fourth-order valence-electron chi connectivity index (χ4n) is 2.29. The Kier molecular flexibility index (Phi) is 5.42. The highest BCUT2D eigenvalue weighted by atomic mass is 16.5. The Bertz CT molecular complexity index is 397. The van der Waals surface area contributed by atoms with Gasteiger partial charge in [-0.2, -0.15) is 0 Å². The average molecular weight is 266 g/mol. The molecule has 2 rings (SSSR count). The molecule has 1 amide bonds. The summed E-state index contributed by atoms with van der Waals surface area (Å²) in [6, 6.07) is 1.67. The number of hydrogen-bond donors (Lipinski definition) is 2. The lowest BCUT2D eigenvalue weighted by atomic mass is 10.3. The molecular weight excluding hydrogens is 244 g/mol. The van der Waals surface area contributed by atoms with Gasteiger partial charge in [0.25, 0.3) is 5.91 Å². The molecule has 1 fully saturated rings. The first-order valence-electron chi connectivity index (χ1n) is 6.97. The van der Waals surface area contributed by atoms with Gasteiger partial charge in [-0.25, -0.2) is 0 Å². The van der Waals surface area contributed by atoms with Crippen molar-refractivity contribution in [2.45, 2.75) is 44.8 Å². The summed E-state index contributed by atoms with van der Waals surface area (Å²) in [7, 11) is 0. The minimum atomic E-state index is -0.121. The number of hydrogen-bond acceptors (Lipinski definition) is 4. The van der Waals surface area contributed by atoms with Crippen LogP contribution in [0.25, 0.3) is 0 Å². The Morgan fingerprint density at radius 2 is 2.26 bits per heavy atom. The summed E-state index contributed by atoms with van der Waals surface area (Å²) in [5.74, 6) is 0.499. The van der Waals surface area contributed by atoms with Crippen LogP contribution in [-0.4, -0.2) is 25.2 Å². The zero-order chi connectivity index (χ0) is 13.5. The maximum absolute atomic E-state index is 11.7. The Morgan fingerprint density at radius 3 is 2.95 bits per heavy atom. The van der Waals surface area contributed by atoms with Gasteiger partial charge in [-0.1, -0.05) is 12.8 Å². The van der Waals surface area contributed by atoms with Gasteiger partial charge in [-0.3, -0.25) is 4.79 Å². The number of carbonyl (C=O) groups is 1. The van der Waals surface area contributed by atoms with Crippen molar-refractivity contribution in [2.24, 2.45) is 5.73 Å². The lowest BCUT2D eigenvalue weighted by Gasteiger charge is -2.10. The van der Waals surface area contributed by atoms with E-state index in [9.17, 15) is 4.79 Å². The van der Waals surface area contributed by atoms with E-state index in [-0.39, 0.29) is 5.91 Å². The summed E-state index contributed by atoms with van der Waals surface area (Å²) in [4.78, 5) is 11.7. The van der Waals surface area contributed by atoms with Gasteiger partial charge >= 0.3 is 0 Å². The lowest BCUT2D eigenvalue weighted by molar-refractivity contribution is 0.0565. The molecule has 0 atom stereocenters. The Balaban J connectivity index is 1.58. The quantitative estimate of drug-likeness (QED) is 0.738. The van der Waals surface area contributed by atoms with Crippen LogP contribution in [0, 0.1) is 0 Å². The van der Waals surface area contributed by atoms with E-state index in [1.165, 1.54) is 31.9 Å². The second kappa shape index (κ2) is 7.31. The van der Waals surface area contributed by atoms with Gasteiger partial charge < -0.3 is 20.2 Å². The van der Waals surface area contributed by atoms with Crippen LogP contribution in [0.4, 0.5) is 0 Å². The molecule has 0 bridgehead atoms. The van der Waals surface area contributed by atoms with Crippen LogP contribution in [0.5, 0.6) is 0 Å². The summed E-state index contributed by atoms with van der Waals surface area (Å²) in [5, 5.41) is 2.84. The molecule has 1 heterocycles. The molecule has 0 radical (unpaired) electrons. The predicted molar refractivity (Wildman–Crippen MR) is 71.8 cm³/mol. The van der Waals surface area contributed by atoms with Crippen LogP contribution in [0.15, 0.2) is 16.7 Å². The summed E-state index contributed by atoms with van der Waals surface area (Å²) in [6.07, 6.45) is 7.65. The molecule has 3 N–H and O–H groups in total. The van der Waals surface area contributed by atoms with Crippen LogP contribution in [0.1, 0.15) is 48.2 Å². The number of ether oxygens (including phenoxy) is 1. The number of furan rings is 1. The molecule has 106 valence electrons. The van der Waals surface area contributed by atoms with E-state index in [2.05, 4.69) is 5.32 Å². The molecule has 0 aromatic carbocycles. The van der Waals surface area contributed by atoms with Crippen LogP contribution in [0.2, 0.25) is 0 Å². The normalized spacial score (nSPS) is 15.8. The first-order chi connectivity index (χ1) is 9.29. The standard InChI is InChI=1S/C14H22N2O3/c15-9-13-8-11(10-19-13)14(17)16-6-3-7-18-12-4-1-2-5-12/h8,10,12H,1-7,9,15H2,(H,16,17). The largest absolute Gasteiger partial charge is 0.467 e. The highest BCUT2D eigenvalue weighted by Crippen LogP contribution is 2.20. The zero-order valence-electron chi connectivity index (χ0n) is 11.2. The fraction of sp³-hybridized carbons (Fsp3) is 0.643. The topological polar surface area (TPSA) is 77.5 Å². The molecular formula is C14H22N2O3. The van der Waals surface area contributed by atoms with Crippen molar-refractivity contribution in [1.29, 1.82) is 0 Å². The monoisotopic (exact) mass is 266 g/mol. The van der Waals surface area contributed by atoms with Gasteiger partial charge in [0.2, 0.25) is 0 Å². The highest BCUT2D eigenvalue weighted by Gasteiger charge is 2.14. The second-order valence-corrected chi connectivity index (χ2v) is 4.89. The molecule has 5 heteroatoms. The van der Waals surface area contributed by atoms with Crippen molar-refractivity contribution >= 4 is 5.91 Å². The molecule has 19 heavy (non-hydrogen) atoms. The number of carbonyl (C=O) groups excluding carboxylic acids is 1. The maximum Gasteiger partial charge on any atom is 0.254 e. The van der Waals surface area contributed by atoms with Gasteiger partial charge in [0.1, 0.15) is 12.0 Å². The van der Waals surface area contributed by atoms with E-state index in [0.717, 1.165) is 6.42 Å².